The van der Waals surface area contributed by atoms with Gasteiger partial charge in [0.1, 0.15) is 16.9 Å². The normalized spacial score (nSPS) is 11.4. The Morgan fingerprint density at radius 2 is 1.21 bits per heavy atom. The van der Waals surface area contributed by atoms with E-state index >= 15 is 0 Å². The van der Waals surface area contributed by atoms with Gasteiger partial charge in [-0.3, -0.25) is 0 Å². The Morgan fingerprint density at radius 1 is 0.714 bits per heavy atom. The summed E-state index contributed by atoms with van der Waals surface area (Å²) in [4.78, 5) is 11.5. The van der Waals surface area contributed by atoms with Crippen molar-refractivity contribution < 1.29 is 25.2 Å². The molecule has 7 heteroatoms. The minimum absolute atomic E-state index is 0.0137. The molecule has 4 rings (SSSR count). The third-order valence-corrected chi connectivity index (χ3v) is 4.45. The summed E-state index contributed by atoms with van der Waals surface area (Å²) in [5.74, 6) is -2.65. The van der Waals surface area contributed by atoms with Gasteiger partial charge >= 0.3 is 5.97 Å². The van der Waals surface area contributed by atoms with Crippen LogP contribution in [0.2, 0.25) is 0 Å². The number of carbonyl (C=O) groups is 1. The van der Waals surface area contributed by atoms with Crippen LogP contribution < -0.4 is 0 Å². The molecule has 4 aromatic rings. The summed E-state index contributed by atoms with van der Waals surface area (Å²) in [5.41, 5.74) is -0.334. The van der Waals surface area contributed by atoms with Crippen molar-refractivity contribution in [2.45, 2.75) is 0 Å². The highest BCUT2D eigenvalue weighted by Crippen LogP contribution is 2.44. The van der Waals surface area contributed by atoms with Crippen molar-refractivity contribution in [2.24, 2.45) is 10.2 Å². The maximum Gasteiger partial charge on any atom is 0.339 e. The standard InChI is InChI=1S/C21H14N2O5/c24-16-10-12-6-2-4-8-14(12)18(20(16)26)23-22-17-13-7-3-1-5-11(13)9-15(19(17)25)21(27)28/h1-10,24-26H,(H,27,28)/b23-22+. The molecule has 0 aliphatic rings. The van der Waals surface area contributed by atoms with Crippen molar-refractivity contribution in [2.75, 3.05) is 0 Å². The number of phenolic OH excluding ortho intramolecular Hbond substituents is 2. The van der Waals surface area contributed by atoms with Gasteiger partial charge in [0.25, 0.3) is 0 Å². The average molecular weight is 374 g/mol. The summed E-state index contributed by atoms with van der Waals surface area (Å²) < 4.78 is 0. The van der Waals surface area contributed by atoms with Crippen molar-refractivity contribution in [3.05, 3.63) is 66.2 Å². The molecule has 0 aliphatic carbocycles. The van der Waals surface area contributed by atoms with Crippen LogP contribution in [0.25, 0.3) is 21.5 Å². The number of nitrogens with zero attached hydrogens (tertiary/aromatic N) is 2. The lowest BCUT2D eigenvalue weighted by Gasteiger charge is -2.09. The first-order valence-corrected chi connectivity index (χ1v) is 8.31. The second kappa shape index (κ2) is 6.55. The molecule has 4 aromatic carbocycles. The third kappa shape index (κ3) is 2.75. The SMILES string of the molecule is O=C(O)c1cc2ccccc2c(/N=N/c2c(O)c(O)cc3ccccc23)c1O. The Labute approximate surface area is 158 Å². The molecule has 0 fully saturated rings. The van der Waals surface area contributed by atoms with E-state index in [9.17, 15) is 25.2 Å². The molecule has 0 bridgehead atoms. The zero-order chi connectivity index (χ0) is 19.8. The van der Waals surface area contributed by atoms with E-state index in [0.29, 0.717) is 21.5 Å². The molecule has 0 saturated heterocycles. The van der Waals surface area contributed by atoms with Gasteiger partial charge in [0.15, 0.2) is 17.2 Å². The van der Waals surface area contributed by atoms with Crippen LogP contribution >= 0.6 is 0 Å². The Morgan fingerprint density at radius 3 is 1.79 bits per heavy atom. The first kappa shape index (κ1) is 17.3. The lowest BCUT2D eigenvalue weighted by atomic mass is 10.0. The van der Waals surface area contributed by atoms with Crippen molar-refractivity contribution in [3.63, 3.8) is 0 Å². The van der Waals surface area contributed by atoms with Gasteiger partial charge in [-0.25, -0.2) is 4.79 Å². The zero-order valence-electron chi connectivity index (χ0n) is 14.4. The van der Waals surface area contributed by atoms with Crippen molar-refractivity contribution in [1.82, 2.24) is 0 Å². The number of rotatable bonds is 3. The topological polar surface area (TPSA) is 123 Å². The fourth-order valence-corrected chi connectivity index (χ4v) is 3.09. The number of carboxylic acids is 1. The number of fused-ring (bicyclic) bond motifs is 2. The number of azo groups is 1. The van der Waals surface area contributed by atoms with Gasteiger partial charge in [0.2, 0.25) is 0 Å². The Kier molecular flexibility index (Phi) is 4.04. The molecular weight excluding hydrogens is 360 g/mol. The van der Waals surface area contributed by atoms with Gasteiger partial charge < -0.3 is 20.4 Å². The van der Waals surface area contributed by atoms with Gasteiger partial charge in [0, 0.05) is 10.8 Å². The van der Waals surface area contributed by atoms with Crippen molar-refractivity contribution >= 4 is 38.9 Å². The first-order chi connectivity index (χ1) is 13.5. The molecule has 4 N–H and O–H groups in total. The number of aromatic hydroxyl groups is 3. The average Bonchev–Trinajstić information content (AvgIpc) is 2.69. The number of phenols is 3. The number of carboxylic acid groups (broad SMARTS) is 1. The van der Waals surface area contributed by atoms with E-state index in [-0.39, 0.29) is 22.7 Å². The number of hydrogen-bond acceptors (Lipinski definition) is 6. The molecule has 7 nitrogen and oxygen atoms in total. The van der Waals surface area contributed by atoms with Crippen molar-refractivity contribution in [3.8, 4) is 17.2 Å². The maximum atomic E-state index is 11.5. The summed E-state index contributed by atoms with van der Waals surface area (Å²) in [5, 5.41) is 50.3. The van der Waals surface area contributed by atoms with Crippen LogP contribution in [0.5, 0.6) is 17.2 Å². The highest BCUT2D eigenvalue weighted by atomic mass is 16.4. The molecule has 0 heterocycles. The van der Waals surface area contributed by atoms with E-state index in [1.54, 1.807) is 48.5 Å². The molecule has 28 heavy (non-hydrogen) atoms. The summed E-state index contributed by atoms with van der Waals surface area (Å²) in [6.45, 7) is 0. The first-order valence-electron chi connectivity index (χ1n) is 8.31. The van der Waals surface area contributed by atoms with Crippen LogP contribution in [0, 0.1) is 0 Å². The molecular formula is C21H14N2O5. The zero-order valence-corrected chi connectivity index (χ0v) is 14.4. The smallest absolute Gasteiger partial charge is 0.339 e. The minimum Gasteiger partial charge on any atom is -0.505 e. The molecule has 0 radical (unpaired) electrons. The molecule has 0 saturated carbocycles. The Hall–Kier alpha value is -4.13. The van der Waals surface area contributed by atoms with Gasteiger partial charge in [0.05, 0.1) is 0 Å². The third-order valence-electron chi connectivity index (χ3n) is 4.45. The van der Waals surface area contributed by atoms with E-state index in [1.165, 1.54) is 12.1 Å². The molecule has 0 aliphatic heterocycles. The highest BCUT2D eigenvalue weighted by Gasteiger charge is 2.18. The molecule has 0 spiro atoms. The molecule has 0 unspecified atom stereocenters. The summed E-state index contributed by atoms with van der Waals surface area (Å²) >= 11 is 0. The van der Waals surface area contributed by atoms with E-state index in [2.05, 4.69) is 10.2 Å². The number of hydrogen-bond donors (Lipinski definition) is 4. The second-order valence-electron chi connectivity index (χ2n) is 6.16. The van der Waals surface area contributed by atoms with Crippen LogP contribution in [-0.4, -0.2) is 26.4 Å². The predicted octanol–water partition coefficient (Wildman–Crippen LogP) is 5.22. The fraction of sp³-hybridized carbons (Fsp3) is 0. The Bertz CT molecular complexity index is 1280. The van der Waals surface area contributed by atoms with Gasteiger partial charge in [-0.05, 0) is 22.9 Å². The molecule has 0 atom stereocenters. The minimum atomic E-state index is -1.30. The van der Waals surface area contributed by atoms with E-state index < -0.39 is 17.5 Å². The van der Waals surface area contributed by atoms with Gasteiger partial charge in [-0.2, -0.15) is 0 Å². The maximum absolute atomic E-state index is 11.5. The van der Waals surface area contributed by atoms with Crippen LogP contribution in [-0.2, 0) is 0 Å². The monoisotopic (exact) mass is 374 g/mol. The van der Waals surface area contributed by atoms with Gasteiger partial charge in [-0.1, -0.05) is 48.5 Å². The lowest BCUT2D eigenvalue weighted by molar-refractivity contribution is 0.0694. The van der Waals surface area contributed by atoms with E-state index in [0.717, 1.165) is 0 Å². The molecule has 138 valence electrons. The van der Waals surface area contributed by atoms with Crippen LogP contribution in [0.4, 0.5) is 11.4 Å². The lowest BCUT2D eigenvalue weighted by Crippen LogP contribution is -1.97. The van der Waals surface area contributed by atoms with E-state index in [1.807, 2.05) is 0 Å². The van der Waals surface area contributed by atoms with Crippen LogP contribution in [0.3, 0.4) is 0 Å². The quantitative estimate of drug-likeness (QED) is 0.289. The second-order valence-corrected chi connectivity index (χ2v) is 6.16. The highest BCUT2D eigenvalue weighted by molar-refractivity contribution is 6.04. The summed E-state index contributed by atoms with van der Waals surface area (Å²) in [6, 6.07) is 16.6. The number of aromatic carboxylic acids is 1. The molecule has 0 aromatic heterocycles. The predicted molar refractivity (Wildman–Crippen MR) is 104 cm³/mol. The van der Waals surface area contributed by atoms with Crippen LogP contribution in [0.15, 0.2) is 70.9 Å². The van der Waals surface area contributed by atoms with Gasteiger partial charge in [-0.15, -0.1) is 10.2 Å². The largest absolute Gasteiger partial charge is 0.505 e. The molecule has 0 amide bonds. The van der Waals surface area contributed by atoms with Crippen LogP contribution in [0.1, 0.15) is 10.4 Å². The van der Waals surface area contributed by atoms with E-state index in [4.69, 9.17) is 0 Å². The van der Waals surface area contributed by atoms with Crippen molar-refractivity contribution in [1.29, 1.82) is 0 Å². The Balaban J connectivity index is 1.98. The summed E-state index contributed by atoms with van der Waals surface area (Å²) in [6.07, 6.45) is 0. The number of benzene rings is 4. The fourth-order valence-electron chi connectivity index (χ4n) is 3.09. The summed E-state index contributed by atoms with van der Waals surface area (Å²) in [7, 11) is 0.